The van der Waals surface area contributed by atoms with Crippen molar-refractivity contribution in [1.29, 1.82) is 0 Å². The number of benzene rings is 3. The van der Waals surface area contributed by atoms with Gasteiger partial charge in [-0.1, -0.05) is 60.3 Å². The molecule has 3 aromatic carbocycles. The number of hydrogen-bond donors (Lipinski definition) is 1. The molecule has 5 aromatic rings. The molecule has 11 heteroatoms. The molecule has 9 nitrogen and oxygen atoms in total. The highest BCUT2D eigenvalue weighted by molar-refractivity contribution is 7.99. The molecule has 0 spiro atoms. The molecule has 2 heterocycles. The molecule has 0 unspecified atom stereocenters. The molecule has 5 rings (SSSR count). The second-order valence-corrected chi connectivity index (χ2v) is 10.6. The first kappa shape index (κ1) is 27.8. The molecule has 1 amide bonds. The number of nitrogens with zero attached hydrogens (tertiary/aromatic N) is 2. The van der Waals surface area contributed by atoms with Crippen LogP contribution in [-0.4, -0.2) is 47.4 Å². The smallest absolute Gasteiger partial charge is 0.339 e. The lowest BCUT2D eigenvalue weighted by Gasteiger charge is -2.13. The van der Waals surface area contributed by atoms with E-state index >= 15 is 0 Å². The lowest BCUT2D eigenvalue weighted by atomic mass is 10.1. The van der Waals surface area contributed by atoms with Gasteiger partial charge in [0, 0.05) is 4.88 Å². The van der Waals surface area contributed by atoms with E-state index in [2.05, 4.69) is 5.32 Å². The minimum Gasteiger partial charge on any atom is -0.465 e. The van der Waals surface area contributed by atoms with E-state index in [-0.39, 0.29) is 28.1 Å². The molecule has 1 N–H and O–H groups in total. The molecule has 41 heavy (non-hydrogen) atoms. The number of fused-ring (bicyclic) bond motifs is 1. The molecule has 0 saturated heterocycles. The summed E-state index contributed by atoms with van der Waals surface area (Å²) in [6.07, 6.45) is 0. The van der Waals surface area contributed by atoms with E-state index in [1.807, 2.05) is 54.6 Å². The van der Waals surface area contributed by atoms with Gasteiger partial charge < -0.3 is 14.8 Å². The summed E-state index contributed by atoms with van der Waals surface area (Å²) in [5.74, 6) is -1.92. The summed E-state index contributed by atoms with van der Waals surface area (Å²) in [5, 5.41) is 3.49. The van der Waals surface area contributed by atoms with Gasteiger partial charge in [0.2, 0.25) is 5.91 Å². The number of carbonyl (C=O) groups is 3. The lowest BCUT2D eigenvalue weighted by molar-refractivity contribution is -0.113. The monoisotopic (exact) mass is 585 g/mol. The Hall–Kier alpha value is -4.74. The number of anilines is 1. The highest BCUT2D eigenvalue weighted by Gasteiger charge is 2.20. The molecule has 0 aliphatic carbocycles. The fraction of sp³-hybridized carbons (Fsp3) is 0.100. The van der Waals surface area contributed by atoms with Crippen LogP contribution in [0.4, 0.5) is 5.69 Å². The third-order valence-electron chi connectivity index (χ3n) is 6.06. The Morgan fingerprint density at radius 3 is 2.27 bits per heavy atom. The summed E-state index contributed by atoms with van der Waals surface area (Å²) in [6, 6.07) is 24.8. The normalized spacial score (nSPS) is 10.8. The number of esters is 2. The number of carbonyl (C=O) groups excluding carboxylic acids is 3. The van der Waals surface area contributed by atoms with Crippen molar-refractivity contribution in [1.82, 2.24) is 9.55 Å². The maximum absolute atomic E-state index is 13.7. The summed E-state index contributed by atoms with van der Waals surface area (Å²) >= 11 is 2.48. The van der Waals surface area contributed by atoms with E-state index in [1.54, 1.807) is 12.1 Å². The molecule has 0 saturated carbocycles. The summed E-state index contributed by atoms with van der Waals surface area (Å²) < 4.78 is 11.0. The van der Waals surface area contributed by atoms with Gasteiger partial charge in [-0.05, 0) is 42.0 Å². The van der Waals surface area contributed by atoms with E-state index in [0.717, 1.165) is 22.2 Å². The third kappa shape index (κ3) is 5.91. The molecule has 206 valence electrons. The van der Waals surface area contributed by atoms with Crippen molar-refractivity contribution in [3.05, 3.63) is 106 Å². The Morgan fingerprint density at radius 1 is 0.902 bits per heavy atom. The number of methoxy groups -OCH3 is 2. The van der Waals surface area contributed by atoms with Gasteiger partial charge in [-0.25, -0.2) is 14.6 Å². The van der Waals surface area contributed by atoms with Crippen molar-refractivity contribution in [2.24, 2.45) is 0 Å². The number of ether oxygens (including phenoxy) is 2. The highest BCUT2D eigenvalue weighted by Crippen LogP contribution is 2.33. The summed E-state index contributed by atoms with van der Waals surface area (Å²) in [5.41, 5.74) is 1.67. The zero-order chi connectivity index (χ0) is 28.9. The van der Waals surface area contributed by atoms with Gasteiger partial charge in [-0.2, -0.15) is 0 Å². The fourth-order valence-electron chi connectivity index (χ4n) is 4.10. The standard InChI is InChI=1S/C30H23N3O6S2/c1-38-28(36)19-13-14-21(29(37)39-2)23(15-19)31-25(34)17-40-30-32-26-22(16-24(41-26)18-9-5-3-6-10-18)27(35)33(30)20-11-7-4-8-12-20/h3-16H,17H2,1-2H3,(H,31,34). The quantitative estimate of drug-likeness (QED) is 0.146. The van der Waals surface area contributed by atoms with E-state index in [9.17, 15) is 19.2 Å². The SMILES string of the molecule is COC(=O)c1ccc(C(=O)OC)c(NC(=O)CSc2nc3sc(-c4ccccc4)cc3c(=O)n2-c2ccccc2)c1. The van der Waals surface area contributed by atoms with Crippen molar-refractivity contribution in [3.63, 3.8) is 0 Å². The third-order valence-corrected chi connectivity index (χ3v) is 8.08. The minimum absolute atomic E-state index is 0.0752. The van der Waals surface area contributed by atoms with Gasteiger partial charge in [-0.15, -0.1) is 11.3 Å². The highest BCUT2D eigenvalue weighted by atomic mass is 32.2. The molecular weight excluding hydrogens is 562 g/mol. The Kier molecular flexibility index (Phi) is 8.27. The van der Waals surface area contributed by atoms with E-state index in [0.29, 0.717) is 21.1 Å². The van der Waals surface area contributed by atoms with Crippen LogP contribution >= 0.6 is 23.1 Å². The van der Waals surface area contributed by atoms with Crippen LogP contribution in [0, 0.1) is 0 Å². The largest absolute Gasteiger partial charge is 0.465 e. The van der Waals surface area contributed by atoms with Crippen molar-refractivity contribution >= 4 is 56.8 Å². The van der Waals surface area contributed by atoms with Crippen LogP contribution in [0.2, 0.25) is 0 Å². The van der Waals surface area contributed by atoms with Crippen LogP contribution in [0.5, 0.6) is 0 Å². The van der Waals surface area contributed by atoms with Crippen LogP contribution in [0.15, 0.2) is 94.9 Å². The molecule has 0 atom stereocenters. The molecule has 0 bridgehead atoms. The molecule has 0 radical (unpaired) electrons. The van der Waals surface area contributed by atoms with Crippen LogP contribution in [0.25, 0.3) is 26.3 Å². The molecule has 0 aliphatic heterocycles. The topological polar surface area (TPSA) is 117 Å². The second kappa shape index (κ2) is 12.2. The van der Waals surface area contributed by atoms with Gasteiger partial charge in [0.05, 0.1) is 47.9 Å². The fourth-order valence-corrected chi connectivity index (χ4v) is 6.00. The number of hydrogen-bond acceptors (Lipinski definition) is 9. The number of thiophene rings is 1. The average Bonchev–Trinajstić information content (AvgIpc) is 3.45. The van der Waals surface area contributed by atoms with Crippen LogP contribution < -0.4 is 10.9 Å². The van der Waals surface area contributed by atoms with Crippen molar-refractivity contribution in [2.75, 3.05) is 25.3 Å². The van der Waals surface area contributed by atoms with Crippen LogP contribution in [0.3, 0.4) is 0 Å². The first-order chi connectivity index (χ1) is 19.9. The predicted molar refractivity (Wildman–Crippen MR) is 159 cm³/mol. The Labute approximate surface area is 242 Å². The maximum Gasteiger partial charge on any atom is 0.339 e. The zero-order valence-corrected chi connectivity index (χ0v) is 23.6. The minimum atomic E-state index is -0.679. The van der Waals surface area contributed by atoms with E-state index < -0.39 is 17.8 Å². The van der Waals surface area contributed by atoms with Gasteiger partial charge in [0.1, 0.15) is 4.83 Å². The van der Waals surface area contributed by atoms with E-state index in [1.165, 1.54) is 48.3 Å². The second-order valence-electron chi connectivity index (χ2n) is 8.65. The van der Waals surface area contributed by atoms with E-state index in [4.69, 9.17) is 14.5 Å². The number of rotatable bonds is 8. The summed E-state index contributed by atoms with van der Waals surface area (Å²) in [4.78, 5) is 57.3. The number of amides is 1. The molecule has 0 aliphatic rings. The van der Waals surface area contributed by atoms with Crippen LogP contribution in [-0.2, 0) is 14.3 Å². The number of thioether (sulfide) groups is 1. The number of para-hydroxylation sites is 1. The zero-order valence-electron chi connectivity index (χ0n) is 22.0. The maximum atomic E-state index is 13.7. The molecule has 2 aromatic heterocycles. The Morgan fingerprint density at radius 2 is 1.59 bits per heavy atom. The number of nitrogens with one attached hydrogen (secondary N) is 1. The molecule has 0 fully saturated rings. The number of aromatic nitrogens is 2. The van der Waals surface area contributed by atoms with Gasteiger partial charge in [0.25, 0.3) is 5.56 Å². The summed E-state index contributed by atoms with van der Waals surface area (Å²) in [6.45, 7) is 0. The van der Waals surface area contributed by atoms with Crippen LogP contribution in [0.1, 0.15) is 20.7 Å². The summed E-state index contributed by atoms with van der Waals surface area (Å²) in [7, 11) is 2.45. The average molecular weight is 586 g/mol. The lowest BCUT2D eigenvalue weighted by Crippen LogP contribution is -2.22. The Bertz CT molecular complexity index is 1820. The Balaban J connectivity index is 1.48. The first-order valence-electron chi connectivity index (χ1n) is 12.3. The molecular formula is C30H23N3O6S2. The van der Waals surface area contributed by atoms with Crippen molar-refractivity contribution in [3.8, 4) is 16.1 Å². The predicted octanol–water partition coefficient (Wildman–Crippen LogP) is 5.42. The van der Waals surface area contributed by atoms with Crippen molar-refractivity contribution < 1.29 is 23.9 Å². The van der Waals surface area contributed by atoms with Crippen molar-refractivity contribution in [2.45, 2.75) is 5.16 Å². The first-order valence-corrected chi connectivity index (χ1v) is 14.1. The van der Waals surface area contributed by atoms with Gasteiger partial charge in [0.15, 0.2) is 5.16 Å². The van der Waals surface area contributed by atoms with Gasteiger partial charge in [-0.3, -0.25) is 14.2 Å². The van der Waals surface area contributed by atoms with Gasteiger partial charge >= 0.3 is 11.9 Å².